The molecule has 2 aromatic rings. The number of piperazine rings is 1. The summed E-state index contributed by atoms with van der Waals surface area (Å²) in [6.07, 6.45) is -2.66. The Labute approximate surface area is 238 Å². The maximum atomic E-state index is 15.8. The molecule has 41 heavy (non-hydrogen) atoms. The van der Waals surface area contributed by atoms with E-state index >= 15 is 4.39 Å². The quantitative estimate of drug-likeness (QED) is 0.456. The number of likely N-dealkylation sites (N-methyl/N-ethyl adjacent to an activating group) is 1. The van der Waals surface area contributed by atoms with Gasteiger partial charge >= 0.3 is 6.18 Å². The lowest BCUT2D eigenvalue weighted by atomic mass is 9.87. The summed E-state index contributed by atoms with van der Waals surface area (Å²) in [7, 11) is 2.01. The highest BCUT2D eigenvalue weighted by Crippen LogP contribution is 2.39. The Kier molecular flexibility index (Phi) is 8.90. The number of H-pyrrole nitrogens is 1. The average molecular weight is 580 g/mol. The van der Waals surface area contributed by atoms with Crippen LogP contribution < -0.4 is 15.8 Å². The van der Waals surface area contributed by atoms with Crippen molar-refractivity contribution in [1.29, 1.82) is 0 Å². The predicted octanol–water partition coefficient (Wildman–Crippen LogP) is 5.54. The maximum absolute atomic E-state index is 15.8. The lowest BCUT2D eigenvalue weighted by Gasteiger charge is -2.44. The van der Waals surface area contributed by atoms with Gasteiger partial charge in [0.2, 0.25) is 5.56 Å². The number of nitrogens with one attached hydrogen (secondary N) is 2. The number of alkyl halides is 3. The molecule has 1 aromatic heterocycles. The fraction of sp³-hybridized carbons (Fsp3) is 0.600. The first-order chi connectivity index (χ1) is 19.0. The minimum Gasteiger partial charge on any atom is -0.367 e. The number of aromatic nitrogens is 1. The molecule has 1 aromatic carbocycles. The zero-order valence-corrected chi connectivity index (χ0v) is 24.7. The van der Waals surface area contributed by atoms with E-state index in [0.29, 0.717) is 30.4 Å². The van der Waals surface area contributed by atoms with Crippen molar-refractivity contribution in [3.8, 4) is 0 Å². The van der Waals surface area contributed by atoms with Crippen molar-refractivity contribution >= 4 is 17.3 Å². The molecule has 2 aliphatic rings. The van der Waals surface area contributed by atoms with E-state index in [0.717, 1.165) is 38.7 Å². The molecular formula is C30H41F4N5O2. The third-order valence-corrected chi connectivity index (χ3v) is 8.26. The summed E-state index contributed by atoms with van der Waals surface area (Å²) < 4.78 is 56.9. The number of likely N-dealkylation sites (tertiary alicyclic amines) is 1. The Morgan fingerprint density at radius 3 is 2.22 bits per heavy atom. The van der Waals surface area contributed by atoms with Crippen molar-refractivity contribution in [3.05, 3.63) is 57.3 Å². The molecule has 7 nitrogen and oxygen atoms in total. The van der Waals surface area contributed by atoms with Gasteiger partial charge in [0, 0.05) is 44.0 Å². The minimum atomic E-state index is -4.90. The van der Waals surface area contributed by atoms with Crippen molar-refractivity contribution in [2.24, 2.45) is 5.41 Å². The SMILES string of the molecule is C[C@@H]1CN(c2cc(F)c(C3CCN(CC(C)(C)C)CC3)cc2NC(=O)c2c[nH]c(=O)cc2C(F)(F)F)C[C@H](C)N1C. The summed E-state index contributed by atoms with van der Waals surface area (Å²) in [5.74, 6) is -1.49. The van der Waals surface area contributed by atoms with Gasteiger partial charge in [-0.3, -0.25) is 14.5 Å². The van der Waals surface area contributed by atoms with E-state index in [9.17, 15) is 22.8 Å². The number of hydrogen-bond acceptors (Lipinski definition) is 5. The van der Waals surface area contributed by atoms with Crippen LogP contribution in [0.2, 0.25) is 0 Å². The van der Waals surface area contributed by atoms with Gasteiger partial charge in [-0.05, 0) is 75.9 Å². The van der Waals surface area contributed by atoms with Gasteiger partial charge in [0.05, 0.1) is 22.5 Å². The minimum absolute atomic E-state index is 0.0833. The fourth-order valence-electron chi connectivity index (χ4n) is 6.01. The normalized spacial score (nSPS) is 21.8. The van der Waals surface area contributed by atoms with E-state index < -0.39 is 28.8 Å². The molecule has 0 saturated carbocycles. The summed E-state index contributed by atoms with van der Waals surface area (Å²) >= 11 is 0. The van der Waals surface area contributed by atoms with Crippen LogP contribution in [0.1, 0.15) is 74.9 Å². The van der Waals surface area contributed by atoms with Gasteiger partial charge in [0.25, 0.3) is 5.91 Å². The monoisotopic (exact) mass is 579 g/mol. The molecule has 3 heterocycles. The van der Waals surface area contributed by atoms with Gasteiger partial charge in [-0.2, -0.15) is 13.2 Å². The van der Waals surface area contributed by atoms with Gasteiger partial charge < -0.3 is 20.1 Å². The zero-order chi connectivity index (χ0) is 30.3. The fourth-order valence-corrected chi connectivity index (χ4v) is 6.01. The van der Waals surface area contributed by atoms with E-state index in [2.05, 4.69) is 40.9 Å². The number of rotatable bonds is 5. The third kappa shape index (κ3) is 7.30. The number of aromatic amines is 1. The molecule has 2 atom stereocenters. The number of nitrogens with zero attached hydrogens (tertiary/aromatic N) is 3. The Hall–Kier alpha value is -2.92. The summed E-state index contributed by atoms with van der Waals surface area (Å²) in [5, 5.41) is 2.65. The average Bonchev–Trinajstić information content (AvgIpc) is 2.86. The van der Waals surface area contributed by atoms with Crippen molar-refractivity contribution in [2.45, 2.75) is 71.6 Å². The van der Waals surface area contributed by atoms with Gasteiger partial charge in [-0.15, -0.1) is 0 Å². The lowest BCUT2D eigenvalue weighted by Crippen LogP contribution is -2.55. The van der Waals surface area contributed by atoms with E-state index in [1.807, 2.05) is 25.8 Å². The van der Waals surface area contributed by atoms with Crippen molar-refractivity contribution < 1.29 is 22.4 Å². The molecule has 0 bridgehead atoms. The second-order valence-corrected chi connectivity index (χ2v) is 12.8. The largest absolute Gasteiger partial charge is 0.417 e. The van der Waals surface area contributed by atoms with Crippen LogP contribution in [-0.4, -0.2) is 72.5 Å². The van der Waals surface area contributed by atoms with Crippen LogP contribution in [0.5, 0.6) is 0 Å². The van der Waals surface area contributed by atoms with Gasteiger partial charge in [-0.1, -0.05) is 20.8 Å². The standard InChI is InChI=1S/C30H41F4N5O2/c1-18-15-39(16-19(2)37(18)6)26-13-24(31)21(20-7-9-38(10-8-20)17-29(3,4)5)11-25(26)36-28(41)22-14-35-27(40)12-23(22)30(32,33)34/h11-14,18-20H,7-10,15-17H2,1-6H3,(H,35,40)(H,36,41)/t18-,19+. The number of piperidine rings is 1. The van der Waals surface area contributed by atoms with E-state index in [1.165, 1.54) is 6.07 Å². The predicted molar refractivity (Wildman–Crippen MR) is 153 cm³/mol. The molecule has 2 N–H and O–H groups in total. The number of carbonyl (C=O) groups is 1. The Morgan fingerprint density at radius 1 is 1.05 bits per heavy atom. The first-order valence-corrected chi connectivity index (χ1v) is 14.2. The van der Waals surface area contributed by atoms with Gasteiger partial charge in [0.15, 0.2) is 0 Å². The van der Waals surface area contributed by atoms with Crippen LogP contribution in [-0.2, 0) is 6.18 Å². The van der Waals surface area contributed by atoms with E-state index in [1.54, 1.807) is 6.07 Å². The number of halogens is 4. The molecule has 2 fully saturated rings. The topological polar surface area (TPSA) is 71.7 Å². The molecule has 2 saturated heterocycles. The van der Waals surface area contributed by atoms with E-state index in [4.69, 9.17) is 0 Å². The smallest absolute Gasteiger partial charge is 0.367 e. The van der Waals surface area contributed by atoms with Crippen LogP contribution in [0, 0.1) is 11.2 Å². The molecule has 0 radical (unpaired) electrons. The molecular weight excluding hydrogens is 538 g/mol. The van der Waals surface area contributed by atoms with Crippen LogP contribution in [0.15, 0.2) is 29.2 Å². The first kappa shape index (κ1) is 31.0. The molecule has 0 spiro atoms. The van der Waals surface area contributed by atoms with Crippen molar-refractivity contribution in [1.82, 2.24) is 14.8 Å². The van der Waals surface area contributed by atoms with E-state index in [-0.39, 0.29) is 34.9 Å². The van der Waals surface area contributed by atoms with Crippen molar-refractivity contribution in [3.63, 3.8) is 0 Å². The van der Waals surface area contributed by atoms with Gasteiger partial charge in [0.1, 0.15) is 5.82 Å². The molecule has 11 heteroatoms. The van der Waals surface area contributed by atoms with Crippen molar-refractivity contribution in [2.75, 3.05) is 50.0 Å². The van der Waals surface area contributed by atoms with Crippen LogP contribution in [0.25, 0.3) is 0 Å². The molecule has 4 rings (SSSR count). The third-order valence-electron chi connectivity index (χ3n) is 8.26. The number of amides is 1. The number of pyridine rings is 1. The number of carbonyl (C=O) groups excluding carboxylic acids is 1. The molecule has 2 aliphatic heterocycles. The highest BCUT2D eigenvalue weighted by molar-refractivity contribution is 6.07. The summed E-state index contributed by atoms with van der Waals surface area (Å²) in [5.41, 5.74) is -1.71. The Bertz CT molecular complexity index is 1300. The summed E-state index contributed by atoms with van der Waals surface area (Å²) in [6, 6.07) is 3.65. The lowest BCUT2D eigenvalue weighted by molar-refractivity contribution is -0.138. The molecule has 1 amide bonds. The second kappa shape index (κ2) is 11.8. The number of hydrogen-bond donors (Lipinski definition) is 2. The van der Waals surface area contributed by atoms with Crippen LogP contribution in [0.4, 0.5) is 28.9 Å². The van der Waals surface area contributed by atoms with Crippen LogP contribution in [0.3, 0.4) is 0 Å². The van der Waals surface area contributed by atoms with Gasteiger partial charge in [-0.25, -0.2) is 4.39 Å². The van der Waals surface area contributed by atoms with Crippen LogP contribution >= 0.6 is 0 Å². The second-order valence-electron chi connectivity index (χ2n) is 12.8. The Balaban J connectivity index is 1.70. The summed E-state index contributed by atoms with van der Waals surface area (Å²) in [4.78, 5) is 33.6. The highest BCUT2D eigenvalue weighted by Gasteiger charge is 2.37. The molecule has 0 aliphatic carbocycles. The molecule has 0 unspecified atom stereocenters. The zero-order valence-electron chi connectivity index (χ0n) is 24.7. The highest BCUT2D eigenvalue weighted by atomic mass is 19.4. The first-order valence-electron chi connectivity index (χ1n) is 14.2. The maximum Gasteiger partial charge on any atom is 0.417 e. The number of anilines is 2. The Morgan fingerprint density at radius 2 is 1.66 bits per heavy atom. The number of benzene rings is 1. The summed E-state index contributed by atoms with van der Waals surface area (Å²) in [6.45, 7) is 14.3. The molecule has 226 valence electrons.